The summed E-state index contributed by atoms with van der Waals surface area (Å²) in [5, 5.41) is 14.5. The highest BCUT2D eigenvalue weighted by atomic mass is 16.3. The van der Waals surface area contributed by atoms with Gasteiger partial charge >= 0.3 is 0 Å². The molecule has 1 aromatic carbocycles. The fraction of sp³-hybridized carbons (Fsp3) is 0.375. The van der Waals surface area contributed by atoms with E-state index in [1.165, 1.54) is 0 Å². The molecule has 0 spiro atoms. The standard InChI is InChI=1S/C16H19N3O2/c17-15-11-6-2-1-5-10(11)9-13(18-15)16(21)19-12-7-3-4-8-14(12)20/h1-2,5-6,9,12,14,20H,3-4,7-8H2,(H2,17,18)(H,19,21). The lowest BCUT2D eigenvalue weighted by atomic mass is 9.92. The Hall–Kier alpha value is -2.14. The first-order chi connectivity index (χ1) is 10.1. The number of nitrogens with zero attached hydrogens (tertiary/aromatic N) is 1. The highest BCUT2D eigenvalue weighted by Crippen LogP contribution is 2.21. The topological polar surface area (TPSA) is 88.2 Å². The minimum absolute atomic E-state index is 0.194. The predicted octanol–water partition coefficient (Wildman–Crippen LogP) is 1.85. The molecule has 3 rings (SSSR count). The lowest BCUT2D eigenvalue weighted by Gasteiger charge is -2.28. The number of fused-ring (bicyclic) bond motifs is 1. The van der Waals surface area contributed by atoms with Crippen molar-refractivity contribution in [3.8, 4) is 0 Å². The lowest BCUT2D eigenvalue weighted by Crippen LogP contribution is -2.45. The number of aliphatic hydroxyl groups is 1. The van der Waals surface area contributed by atoms with Crippen LogP contribution in [0.25, 0.3) is 10.8 Å². The number of nitrogens with two attached hydrogens (primary N) is 1. The zero-order valence-electron chi connectivity index (χ0n) is 11.7. The molecule has 1 aromatic heterocycles. The van der Waals surface area contributed by atoms with Gasteiger partial charge in [0.15, 0.2) is 0 Å². The van der Waals surface area contributed by atoms with Gasteiger partial charge in [0.1, 0.15) is 11.5 Å². The van der Waals surface area contributed by atoms with E-state index in [-0.39, 0.29) is 11.9 Å². The molecule has 1 aliphatic rings. The first kappa shape index (κ1) is 13.8. The summed E-state index contributed by atoms with van der Waals surface area (Å²) < 4.78 is 0. The number of aromatic nitrogens is 1. The molecule has 4 N–H and O–H groups in total. The van der Waals surface area contributed by atoms with Crippen LogP contribution in [0, 0.1) is 0 Å². The van der Waals surface area contributed by atoms with Gasteiger partial charge in [0.2, 0.25) is 0 Å². The van der Waals surface area contributed by atoms with Gasteiger partial charge in [-0.1, -0.05) is 37.1 Å². The van der Waals surface area contributed by atoms with Crippen LogP contribution in [-0.2, 0) is 0 Å². The van der Waals surface area contributed by atoms with Crippen LogP contribution in [0.5, 0.6) is 0 Å². The molecule has 0 saturated heterocycles. The van der Waals surface area contributed by atoms with Crippen LogP contribution in [0.2, 0.25) is 0 Å². The number of benzene rings is 1. The molecule has 1 saturated carbocycles. The third kappa shape index (κ3) is 2.83. The van der Waals surface area contributed by atoms with Crippen molar-refractivity contribution in [2.24, 2.45) is 0 Å². The van der Waals surface area contributed by atoms with Crippen molar-refractivity contribution >= 4 is 22.5 Å². The third-order valence-corrected chi connectivity index (χ3v) is 4.05. The second kappa shape index (κ2) is 5.69. The van der Waals surface area contributed by atoms with E-state index in [2.05, 4.69) is 10.3 Å². The van der Waals surface area contributed by atoms with Crippen LogP contribution in [0.15, 0.2) is 30.3 Å². The zero-order valence-corrected chi connectivity index (χ0v) is 11.7. The highest BCUT2D eigenvalue weighted by Gasteiger charge is 2.25. The average molecular weight is 285 g/mol. The number of rotatable bonds is 2. The summed E-state index contributed by atoms with van der Waals surface area (Å²) in [4.78, 5) is 16.5. The molecule has 5 nitrogen and oxygen atoms in total. The van der Waals surface area contributed by atoms with Gasteiger partial charge < -0.3 is 16.2 Å². The van der Waals surface area contributed by atoms with Crippen LogP contribution in [-0.4, -0.2) is 28.1 Å². The molecule has 2 atom stereocenters. The number of anilines is 1. The van der Waals surface area contributed by atoms with E-state index in [1.807, 2.05) is 24.3 Å². The lowest BCUT2D eigenvalue weighted by molar-refractivity contribution is 0.0714. The van der Waals surface area contributed by atoms with E-state index in [1.54, 1.807) is 6.07 Å². The largest absolute Gasteiger partial charge is 0.391 e. The molecular formula is C16H19N3O2. The summed E-state index contributed by atoms with van der Waals surface area (Å²) in [7, 11) is 0. The maximum absolute atomic E-state index is 12.3. The SMILES string of the molecule is Nc1nc(C(=O)NC2CCCCC2O)cc2ccccc12. The van der Waals surface area contributed by atoms with Gasteiger partial charge in [0, 0.05) is 5.39 Å². The number of amides is 1. The minimum Gasteiger partial charge on any atom is -0.391 e. The van der Waals surface area contributed by atoms with E-state index in [0.29, 0.717) is 11.5 Å². The number of carbonyl (C=O) groups is 1. The second-order valence-electron chi connectivity index (χ2n) is 5.55. The van der Waals surface area contributed by atoms with Crippen LogP contribution in [0.4, 0.5) is 5.82 Å². The molecule has 1 fully saturated rings. The number of hydrogen-bond acceptors (Lipinski definition) is 4. The Bertz CT molecular complexity index is 672. The molecule has 1 aliphatic carbocycles. The Labute approximate surface area is 123 Å². The van der Waals surface area contributed by atoms with Crippen LogP contribution in [0.1, 0.15) is 36.2 Å². The Balaban J connectivity index is 1.84. The van der Waals surface area contributed by atoms with Crippen molar-refractivity contribution in [1.29, 1.82) is 0 Å². The first-order valence-electron chi connectivity index (χ1n) is 7.29. The van der Waals surface area contributed by atoms with Gasteiger partial charge in [0.05, 0.1) is 12.1 Å². The first-order valence-corrected chi connectivity index (χ1v) is 7.29. The molecule has 0 radical (unpaired) electrons. The maximum Gasteiger partial charge on any atom is 0.270 e. The van der Waals surface area contributed by atoms with Crippen molar-refractivity contribution in [3.05, 3.63) is 36.0 Å². The Kier molecular flexibility index (Phi) is 3.75. The molecule has 0 bridgehead atoms. The van der Waals surface area contributed by atoms with Crippen molar-refractivity contribution in [2.75, 3.05) is 5.73 Å². The third-order valence-electron chi connectivity index (χ3n) is 4.05. The molecule has 2 unspecified atom stereocenters. The van der Waals surface area contributed by atoms with Gasteiger partial charge in [0.25, 0.3) is 5.91 Å². The van der Waals surface area contributed by atoms with E-state index in [9.17, 15) is 9.90 Å². The Morgan fingerprint density at radius 1 is 1.29 bits per heavy atom. The summed E-state index contributed by atoms with van der Waals surface area (Å²) >= 11 is 0. The number of carbonyl (C=O) groups excluding carboxylic acids is 1. The average Bonchev–Trinajstić information content (AvgIpc) is 2.49. The summed E-state index contributed by atoms with van der Waals surface area (Å²) in [6.45, 7) is 0. The fourth-order valence-electron chi connectivity index (χ4n) is 2.86. The van der Waals surface area contributed by atoms with Crippen molar-refractivity contribution in [2.45, 2.75) is 37.8 Å². The molecule has 110 valence electrons. The number of pyridine rings is 1. The van der Waals surface area contributed by atoms with Gasteiger partial charge in [-0.3, -0.25) is 4.79 Å². The van der Waals surface area contributed by atoms with Crippen LogP contribution in [0.3, 0.4) is 0 Å². The summed E-state index contributed by atoms with van der Waals surface area (Å²) in [5.74, 6) is 0.0702. The molecule has 2 aromatic rings. The summed E-state index contributed by atoms with van der Waals surface area (Å²) in [6.07, 6.45) is 3.10. The highest BCUT2D eigenvalue weighted by molar-refractivity contribution is 5.99. The molecular weight excluding hydrogens is 266 g/mol. The molecule has 1 heterocycles. The molecule has 21 heavy (non-hydrogen) atoms. The number of nitrogen functional groups attached to an aromatic ring is 1. The normalized spacial score (nSPS) is 22.1. The van der Waals surface area contributed by atoms with Gasteiger partial charge in [-0.15, -0.1) is 0 Å². The summed E-state index contributed by atoms with van der Waals surface area (Å²) in [5.41, 5.74) is 6.21. The van der Waals surface area contributed by atoms with Gasteiger partial charge in [-0.05, 0) is 24.3 Å². The molecule has 0 aliphatic heterocycles. The number of nitrogens with one attached hydrogen (secondary N) is 1. The maximum atomic E-state index is 12.3. The second-order valence-corrected chi connectivity index (χ2v) is 5.55. The van der Waals surface area contributed by atoms with Gasteiger partial charge in [-0.25, -0.2) is 4.98 Å². The Morgan fingerprint density at radius 3 is 2.86 bits per heavy atom. The number of aliphatic hydroxyl groups excluding tert-OH is 1. The van der Waals surface area contributed by atoms with E-state index >= 15 is 0 Å². The summed E-state index contributed by atoms with van der Waals surface area (Å²) in [6, 6.07) is 9.10. The fourth-order valence-corrected chi connectivity index (χ4v) is 2.86. The predicted molar refractivity (Wildman–Crippen MR) is 81.9 cm³/mol. The van der Waals surface area contributed by atoms with Crippen LogP contribution >= 0.6 is 0 Å². The van der Waals surface area contributed by atoms with Crippen molar-refractivity contribution in [3.63, 3.8) is 0 Å². The minimum atomic E-state index is -0.472. The van der Waals surface area contributed by atoms with E-state index in [4.69, 9.17) is 5.73 Å². The van der Waals surface area contributed by atoms with Crippen molar-refractivity contribution < 1.29 is 9.90 Å². The van der Waals surface area contributed by atoms with Crippen molar-refractivity contribution in [1.82, 2.24) is 10.3 Å². The van der Waals surface area contributed by atoms with E-state index < -0.39 is 6.10 Å². The zero-order chi connectivity index (χ0) is 14.8. The molecule has 1 amide bonds. The van der Waals surface area contributed by atoms with E-state index in [0.717, 1.165) is 36.5 Å². The van der Waals surface area contributed by atoms with Crippen LogP contribution < -0.4 is 11.1 Å². The van der Waals surface area contributed by atoms with Gasteiger partial charge in [-0.2, -0.15) is 0 Å². The smallest absolute Gasteiger partial charge is 0.270 e. The molecule has 5 heteroatoms. The monoisotopic (exact) mass is 285 g/mol. The number of hydrogen-bond donors (Lipinski definition) is 3. The Morgan fingerprint density at radius 2 is 2.05 bits per heavy atom. The quantitative estimate of drug-likeness (QED) is 0.785.